The highest BCUT2D eigenvalue weighted by atomic mass is 16.5. The van der Waals surface area contributed by atoms with Crippen molar-refractivity contribution < 1.29 is 4.74 Å². The lowest BCUT2D eigenvalue weighted by atomic mass is 10.2. The maximum Gasteiger partial charge on any atom is 0.157 e. The van der Waals surface area contributed by atoms with E-state index in [1.807, 2.05) is 13.0 Å². The first-order chi connectivity index (χ1) is 6.31. The maximum atomic E-state index is 5.47. The molecule has 0 amide bonds. The van der Waals surface area contributed by atoms with E-state index in [9.17, 15) is 0 Å². The molecule has 4 heteroatoms. The minimum Gasteiger partial charge on any atom is -0.373 e. The van der Waals surface area contributed by atoms with Gasteiger partial charge in [-0.2, -0.15) is 0 Å². The molecule has 2 N–H and O–H groups in total. The molecular formula is C9H15N3O. The molecule has 1 aromatic rings. The number of ether oxygens (including phenoxy) is 1. The number of methoxy groups -OCH3 is 1. The number of nitrogens with two attached hydrogens (primary N) is 1. The van der Waals surface area contributed by atoms with E-state index in [0.29, 0.717) is 12.4 Å². The van der Waals surface area contributed by atoms with Crippen molar-refractivity contribution in [1.29, 1.82) is 0 Å². The molecule has 1 aromatic heterocycles. The molecule has 72 valence electrons. The van der Waals surface area contributed by atoms with Gasteiger partial charge in [0.15, 0.2) is 5.82 Å². The summed E-state index contributed by atoms with van der Waals surface area (Å²) in [5, 5.41) is 0. The van der Waals surface area contributed by atoms with Gasteiger partial charge >= 0.3 is 0 Å². The number of hydrogen-bond acceptors (Lipinski definition) is 4. The first kappa shape index (κ1) is 10.1. The Bertz CT molecular complexity index is 261. The molecule has 0 saturated carbocycles. The molecule has 0 fully saturated rings. The van der Waals surface area contributed by atoms with Crippen LogP contribution in [0, 0.1) is 0 Å². The number of aromatic nitrogens is 2. The van der Waals surface area contributed by atoms with E-state index in [2.05, 4.69) is 9.97 Å². The fourth-order valence-corrected chi connectivity index (χ4v) is 1.14. The third kappa shape index (κ3) is 2.47. The van der Waals surface area contributed by atoms with Gasteiger partial charge in [0, 0.05) is 19.9 Å². The summed E-state index contributed by atoms with van der Waals surface area (Å²) in [7, 11) is 1.66. The van der Waals surface area contributed by atoms with Gasteiger partial charge in [0.05, 0.1) is 5.69 Å². The van der Waals surface area contributed by atoms with E-state index < -0.39 is 0 Å². The third-order valence-corrected chi connectivity index (χ3v) is 1.88. The highest BCUT2D eigenvalue weighted by Crippen LogP contribution is 2.15. The molecule has 1 unspecified atom stereocenters. The maximum absolute atomic E-state index is 5.47. The van der Waals surface area contributed by atoms with E-state index in [0.717, 1.165) is 12.1 Å². The van der Waals surface area contributed by atoms with Gasteiger partial charge in [-0.3, -0.25) is 0 Å². The minimum absolute atomic E-state index is 0.0218. The monoisotopic (exact) mass is 181 g/mol. The Morgan fingerprint density at radius 1 is 1.62 bits per heavy atom. The summed E-state index contributed by atoms with van der Waals surface area (Å²) in [5.41, 5.74) is 6.32. The highest BCUT2D eigenvalue weighted by molar-refractivity contribution is 5.03. The van der Waals surface area contributed by atoms with Crippen LogP contribution < -0.4 is 5.73 Å². The number of hydrogen-bond donors (Lipinski definition) is 1. The van der Waals surface area contributed by atoms with Crippen LogP contribution in [0.25, 0.3) is 0 Å². The zero-order valence-electron chi connectivity index (χ0n) is 8.03. The zero-order chi connectivity index (χ0) is 9.68. The van der Waals surface area contributed by atoms with Crippen molar-refractivity contribution in [3.63, 3.8) is 0 Å². The molecular weight excluding hydrogens is 166 g/mol. The lowest BCUT2D eigenvalue weighted by Gasteiger charge is -2.11. The molecule has 0 aromatic carbocycles. The summed E-state index contributed by atoms with van der Waals surface area (Å²) in [5.74, 6) is 0.716. The van der Waals surface area contributed by atoms with Crippen molar-refractivity contribution in [3.05, 3.63) is 23.8 Å². The fourth-order valence-electron chi connectivity index (χ4n) is 1.14. The smallest absolute Gasteiger partial charge is 0.157 e. The minimum atomic E-state index is -0.0218. The topological polar surface area (TPSA) is 61.0 Å². The second-order valence-corrected chi connectivity index (χ2v) is 2.74. The molecule has 0 aliphatic heterocycles. The third-order valence-electron chi connectivity index (χ3n) is 1.88. The summed E-state index contributed by atoms with van der Waals surface area (Å²) < 4.78 is 5.22. The summed E-state index contributed by atoms with van der Waals surface area (Å²) in [4.78, 5) is 8.41. The van der Waals surface area contributed by atoms with Crippen molar-refractivity contribution in [3.8, 4) is 0 Å². The van der Waals surface area contributed by atoms with Gasteiger partial charge in [-0.25, -0.2) is 9.97 Å². The van der Waals surface area contributed by atoms with Gasteiger partial charge in [0.2, 0.25) is 0 Å². The Morgan fingerprint density at radius 2 is 2.38 bits per heavy atom. The Morgan fingerprint density at radius 3 is 2.92 bits per heavy atom. The van der Waals surface area contributed by atoms with E-state index in [1.54, 1.807) is 13.3 Å². The highest BCUT2D eigenvalue weighted by Gasteiger charge is 2.10. The number of nitrogens with zero attached hydrogens (tertiary/aromatic N) is 2. The van der Waals surface area contributed by atoms with Crippen LogP contribution in [0.5, 0.6) is 0 Å². The van der Waals surface area contributed by atoms with Crippen LogP contribution in [-0.4, -0.2) is 17.1 Å². The van der Waals surface area contributed by atoms with Crippen molar-refractivity contribution in [2.75, 3.05) is 7.11 Å². The molecule has 0 radical (unpaired) electrons. The quantitative estimate of drug-likeness (QED) is 0.753. The summed E-state index contributed by atoms with van der Waals surface area (Å²) in [6.45, 7) is 2.47. The molecule has 0 bridgehead atoms. The average Bonchev–Trinajstić information content (AvgIpc) is 2.20. The molecule has 1 rings (SSSR count). The van der Waals surface area contributed by atoms with Crippen molar-refractivity contribution in [1.82, 2.24) is 9.97 Å². The van der Waals surface area contributed by atoms with Gasteiger partial charge < -0.3 is 10.5 Å². The largest absolute Gasteiger partial charge is 0.373 e. The summed E-state index contributed by atoms with van der Waals surface area (Å²) in [6.07, 6.45) is 2.56. The molecule has 4 nitrogen and oxygen atoms in total. The van der Waals surface area contributed by atoms with Crippen molar-refractivity contribution in [2.24, 2.45) is 5.73 Å². The van der Waals surface area contributed by atoms with Gasteiger partial charge in [-0.15, -0.1) is 0 Å². The van der Waals surface area contributed by atoms with E-state index in [-0.39, 0.29) is 6.10 Å². The molecule has 13 heavy (non-hydrogen) atoms. The van der Waals surface area contributed by atoms with Crippen molar-refractivity contribution >= 4 is 0 Å². The second-order valence-electron chi connectivity index (χ2n) is 2.74. The zero-order valence-corrected chi connectivity index (χ0v) is 8.03. The van der Waals surface area contributed by atoms with Crippen LogP contribution in [0.1, 0.15) is 31.0 Å². The average molecular weight is 181 g/mol. The van der Waals surface area contributed by atoms with Crippen LogP contribution >= 0.6 is 0 Å². The normalized spacial score (nSPS) is 12.8. The van der Waals surface area contributed by atoms with Crippen LogP contribution in [0.4, 0.5) is 0 Å². The van der Waals surface area contributed by atoms with Crippen LogP contribution in [-0.2, 0) is 11.3 Å². The molecule has 0 saturated heterocycles. The van der Waals surface area contributed by atoms with Gasteiger partial charge in [0.25, 0.3) is 0 Å². The predicted molar refractivity (Wildman–Crippen MR) is 50.0 cm³/mol. The Labute approximate surface area is 78.1 Å². The van der Waals surface area contributed by atoms with Crippen LogP contribution in [0.3, 0.4) is 0 Å². The van der Waals surface area contributed by atoms with Gasteiger partial charge in [-0.1, -0.05) is 6.92 Å². The lowest BCUT2D eigenvalue weighted by molar-refractivity contribution is 0.0924. The van der Waals surface area contributed by atoms with Crippen LogP contribution in [0.2, 0.25) is 0 Å². The van der Waals surface area contributed by atoms with Gasteiger partial charge in [-0.05, 0) is 12.5 Å². The fraction of sp³-hybridized carbons (Fsp3) is 0.556. The first-order valence-corrected chi connectivity index (χ1v) is 4.36. The second kappa shape index (κ2) is 4.89. The standard InChI is InChI=1S/C9H15N3O/c1-3-8(13-2)9-11-5-4-7(6-10)12-9/h4-5,8H,3,6,10H2,1-2H3. The van der Waals surface area contributed by atoms with Crippen LogP contribution in [0.15, 0.2) is 12.3 Å². The predicted octanol–water partition coefficient (Wildman–Crippen LogP) is 1.03. The Kier molecular flexibility index (Phi) is 3.79. The van der Waals surface area contributed by atoms with E-state index in [1.165, 1.54) is 0 Å². The van der Waals surface area contributed by atoms with Crippen molar-refractivity contribution in [2.45, 2.75) is 26.0 Å². The Hall–Kier alpha value is -1.00. The van der Waals surface area contributed by atoms with E-state index >= 15 is 0 Å². The number of rotatable bonds is 4. The first-order valence-electron chi connectivity index (χ1n) is 4.36. The molecule has 0 aliphatic rings. The molecule has 1 heterocycles. The molecule has 0 spiro atoms. The summed E-state index contributed by atoms with van der Waals surface area (Å²) >= 11 is 0. The summed E-state index contributed by atoms with van der Waals surface area (Å²) in [6, 6.07) is 1.81. The lowest BCUT2D eigenvalue weighted by Crippen LogP contribution is -2.09. The van der Waals surface area contributed by atoms with Gasteiger partial charge in [0.1, 0.15) is 6.10 Å². The SMILES string of the molecule is CCC(OC)c1nccc(CN)n1. The molecule has 1 atom stereocenters. The molecule has 0 aliphatic carbocycles. The Balaban J connectivity index is 2.86. The van der Waals surface area contributed by atoms with E-state index in [4.69, 9.17) is 10.5 Å².